The second-order valence-electron chi connectivity index (χ2n) is 9.75. The highest BCUT2D eigenvalue weighted by Gasteiger charge is 2.54. The molecule has 1 aromatic carbocycles. The zero-order valence-electron chi connectivity index (χ0n) is 18.8. The first-order valence-electron chi connectivity index (χ1n) is 11.7. The highest BCUT2D eigenvalue weighted by molar-refractivity contribution is 5.80. The zero-order valence-corrected chi connectivity index (χ0v) is 18.8. The quantitative estimate of drug-likeness (QED) is 0.520. The summed E-state index contributed by atoms with van der Waals surface area (Å²) in [6.45, 7) is 1.94. The minimum Gasteiger partial charge on any atom is -0.462 e. The van der Waals surface area contributed by atoms with E-state index in [0.717, 1.165) is 25.0 Å². The van der Waals surface area contributed by atoms with Crippen molar-refractivity contribution in [2.24, 2.45) is 29.6 Å². The van der Waals surface area contributed by atoms with Crippen LogP contribution in [0.2, 0.25) is 0 Å². The molecule has 3 fully saturated rings. The Morgan fingerprint density at radius 1 is 1.12 bits per heavy atom. The van der Waals surface area contributed by atoms with Crippen molar-refractivity contribution in [1.82, 2.24) is 4.98 Å². The lowest BCUT2D eigenvalue weighted by Crippen LogP contribution is -2.44. The fourth-order valence-electron chi connectivity index (χ4n) is 6.18. The molecule has 0 spiro atoms. The highest BCUT2D eigenvalue weighted by Crippen LogP contribution is 2.53. The molecular formula is C27H26F3NO3. The molecule has 34 heavy (non-hydrogen) atoms. The van der Waals surface area contributed by atoms with E-state index in [1.807, 2.05) is 13.0 Å². The van der Waals surface area contributed by atoms with Gasteiger partial charge in [-0.05, 0) is 67.4 Å². The van der Waals surface area contributed by atoms with Gasteiger partial charge in [0, 0.05) is 30.5 Å². The summed E-state index contributed by atoms with van der Waals surface area (Å²) in [4.78, 5) is 28.9. The molecule has 3 aliphatic rings. The molecule has 0 amide bonds. The Bertz CT molecular complexity index is 1120. The fraction of sp³-hybridized carbons (Fsp3) is 0.444. The SMILES string of the molecule is C[C@H]1OC(=O)[C@@H]2C[C@@H]3CC(=O)CCC3C(/C=C/c3ccc(-c4cccc(C(F)(F)F)c4)cn3)[C@H]12. The van der Waals surface area contributed by atoms with Gasteiger partial charge in [0.15, 0.2) is 0 Å². The van der Waals surface area contributed by atoms with Gasteiger partial charge in [-0.25, -0.2) is 0 Å². The summed E-state index contributed by atoms with van der Waals surface area (Å²) in [5.74, 6) is 0.672. The van der Waals surface area contributed by atoms with Crippen LogP contribution in [0.3, 0.4) is 0 Å². The molecular weight excluding hydrogens is 443 g/mol. The molecule has 2 heterocycles. The van der Waals surface area contributed by atoms with Crippen molar-refractivity contribution in [2.75, 3.05) is 0 Å². The number of benzene rings is 1. The van der Waals surface area contributed by atoms with Gasteiger partial charge in [0.1, 0.15) is 11.9 Å². The lowest BCUT2D eigenvalue weighted by Gasteiger charge is -2.45. The van der Waals surface area contributed by atoms with E-state index in [1.54, 1.807) is 24.4 Å². The predicted molar refractivity (Wildman–Crippen MR) is 120 cm³/mol. The average molecular weight is 470 g/mol. The van der Waals surface area contributed by atoms with Crippen LogP contribution in [0.1, 0.15) is 43.9 Å². The molecule has 2 unspecified atom stereocenters. The van der Waals surface area contributed by atoms with Gasteiger partial charge in [-0.3, -0.25) is 14.6 Å². The summed E-state index contributed by atoms with van der Waals surface area (Å²) in [6.07, 6.45) is 3.70. The number of ether oxygens (including phenoxy) is 1. The number of hydrogen-bond acceptors (Lipinski definition) is 4. The van der Waals surface area contributed by atoms with Crippen LogP contribution >= 0.6 is 0 Å². The summed E-state index contributed by atoms with van der Waals surface area (Å²) >= 11 is 0. The molecule has 1 saturated heterocycles. The van der Waals surface area contributed by atoms with Crippen LogP contribution in [-0.4, -0.2) is 22.8 Å². The first-order chi connectivity index (χ1) is 16.2. The third-order valence-electron chi connectivity index (χ3n) is 7.76. The normalized spacial score (nSPS) is 31.3. The van der Waals surface area contributed by atoms with Gasteiger partial charge < -0.3 is 4.74 Å². The number of esters is 1. The first kappa shape index (κ1) is 22.8. The lowest BCUT2D eigenvalue weighted by molar-refractivity contribution is -0.145. The number of alkyl halides is 3. The molecule has 178 valence electrons. The Labute approximate surface area is 196 Å². The lowest BCUT2D eigenvalue weighted by atomic mass is 9.57. The number of fused-ring (bicyclic) bond motifs is 2. The van der Waals surface area contributed by atoms with Crippen LogP contribution in [0.4, 0.5) is 13.2 Å². The van der Waals surface area contributed by atoms with Gasteiger partial charge in [0.25, 0.3) is 0 Å². The van der Waals surface area contributed by atoms with E-state index in [1.165, 1.54) is 6.07 Å². The summed E-state index contributed by atoms with van der Waals surface area (Å²) in [5, 5.41) is 0. The van der Waals surface area contributed by atoms with E-state index >= 15 is 0 Å². The molecule has 0 N–H and O–H groups in total. The van der Waals surface area contributed by atoms with Crippen LogP contribution in [0.5, 0.6) is 0 Å². The standard InChI is InChI=1S/C27H26F3NO3/c1-15-25-23(22-10-8-21(32)12-18(22)13-24(25)26(33)34-15)9-7-20-6-5-17(14-31-20)16-3-2-4-19(11-16)27(28,29)30/h2-7,9,11,14-15,18,22-25H,8,10,12-13H2,1H3/b9-7+/t15-,18+,22?,23?,24-,25+/m1/s1. The van der Waals surface area contributed by atoms with Crippen LogP contribution < -0.4 is 0 Å². The van der Waals surface area contributed by atoms with Crippen molar-refractivity contribution in [3.8, 4) is 11.1 Å². The van der Waals surface area contributed by atoms with Crippen molar-refractivity contribution < 1.29 is 27.5 Å². The largest absolute Gasteiger partial charge is 0.462 e. The number of allylic oxidation sites excluding steroid dienone is 1. The number of carbonyl (C=O) groups is 2. The van der Waals surface area contributed by atoms with E-state index in [0.29, 0.717) is 35.6 Å². The molecule has 2 saturated carbocycles. The van der Waals surface area contributed by atoms with Crippen LogP contribution in [0.25, 0.3) is 17.2 Å². The van der Waals surface area contributed by atoms with Crippen LogP contribution in [-0.2, 0) is 20.5 Å². The molecule has 5 rings (SSSR count). The van der Waals surface area contributed by atoms with E-state index in [2.05, 4.69) is 11.1 Å². The van der Waals surface area contributed by atoms with Crippen LogP contribution in [0.15, 0.2) is 48.7 Å². The number of carbonyl (C=O) groups excluding carboxylic acids is 2. The van der Waals surface area contributed by atoms with Crippen molar-refractivity contribution in [1.29, 1.82) is 0 Å². The zero-order chi connectivity index (χ0) is 24.0. The highest BCUT2D eigenvalue weighted by atomic mass is 19.4. The number of ketones is 1. The Balaban J connectivity index is 1.38. The van der Waals surface area contributed by atoms with Gasteiger partial charge in [-0.15, -0.1) is 0 Å². The molecule has 2 aliphatic carbocycles. The molecule has 1 aromatic heterocycles. The Morgan fingerprint density at radius 3 is 2.68 bits per heavy atom. The van der Waals surface area contributed by atoms with Crippen molar-refractivity contribution in [3.63, 3.8) is 0 Å². The third-order valence-corrected chi connectivity index (χ3v) is 7.76. The van der Waals surface area contributed by atoms with Crippen molar-refractivity contribution >= 4 is 17.8 Å². The fourth-order valence-corrected chi connectivity index (χ4v) is 6.18. The maximum absolute atomic E-state index is 13.0. The second kappa shape index (κ2) is 8.67. The molecule has 6 atom stereocenters. The van der Waals surface area contributed by atoms with Gasteiger partial charge in [-0.2, -0.15) is 13.2 Å². The molecule has 0 bridgehead atoms. The summed E-state index contributed by atoms with van der Waals surface area (Å²) in [6, 6.07) is 8.75. The smallest absolute Gasteiger partial charge is 0.416 e. The summed E-state index contributed by atoms with van der Waals surface area (Å²) in [7, 11) is 0. The summed E-state index contributed by atoms with van der Waals surface area (Å²) in [5.41, 5.74) is 1.07. The number of Topliss-reactive ketones (excluding diaryl/α,β-unsaturated/α-hetero) is 1. The Hall–Kier alpha value is -2.96. The molecule has 0 radical (unpaired) electrons. The monoisotopic (exact) mass is 469 g/mol. The Kier molecular flexibility index (Phi) is 5.82. The van der Waals surface area contributed by atoms with Crippen molar-refractivity contribution in [3.05, 3.63) is 59.9 Å². The van der Waals surface area contributed by atoms with E-state index in [9.17, 15) is 22.8 Å². The topological polar surface area (TPSA) is 56.3 Å². The van der Waals surface area contributed by atoms with Crippen LogP contribution in [0, 0.1) is 29.6 Å². The predicted octanol–water partition coefficient (Wildman–Crippen LogP) is 5.96. The molecule has 1 aliphatic heterocycles. The summed E-state index contributed by atoms with van der Waals surface area (Å²) < 4.78 is 44.7. The second-order valence-corrected chi connectivity index (χ2v) is 9.75. The first-order valence-corrected chi connectivity index (χ1v) is 11.7. The molecule has 4 nitrogen and oxygen atoms in total. The van der Waals surface area contributed by atoms with Gasteiger partial charge in [-0.1, -0.05) is 24.3 Å². The number of aromatic nitrogens is 1. The average Bonchev–Trinajstić information content (AvgIpc) is 3.09. The minimum absolute atomic E-state index is 0.0857. The maximum atomic E-state index is 13.0. The number of cyclic esters (lactones) is 1. The van der Waals surface area contributed by atoms with Gasteiger partial charge in [0.2, 0.25) is 0 Å². The number of hydrogen-bond donors (Lipinski definition) is 0. The Morgan fingerprint density at radius 2 is 1.94 bits per heavy atom. The van der Waals surface area contributed by atoms with E-state index in [4.69, 9.17) is 4.74 Å². The molecule has 2 aromatic rings. The minimum atomic E-state index is -4.39. The number of halogens is 3. The van der Waals surface area contributed by atoms with E-state index < -0.39 is 11.7 Å². The van der Waals surface area contributed by atoms with Crippen molar-refractivity contribution in [2.45, 2.75) is 44.9 Å². The number of rotatable bonds is 3. The van der Waals surface area contributed by atoms with Gasteiger partial charge >= 0.3 is 12.1 Å². The van der Waals surface area contributed by atoms with E-state index in [-0.39, 0.29) is 41.5 Å². The molecule has 7 heteroatoms. The number of pyridine rings is 1. The van der Waals surface area contributed by atoms with Gasteiger partial charge in [0.05, 0.1) is 17.2 Å². The maximum Gasteiger partial charge on any atom is 0.416 e. The number of nitrogens with zero attached hydrogens (tertiary/aromatic N) is 1. The third kappa shape index (κ3) is 4.28.